The summed E-state index contributed by atoms with van der Waals surface area (Å²) in [6, 6.07) is 0. The zero-order valence-corrected chi connectivity index (χ0v) is 21.2. The van der Waals surface area contributed by atoms with Crippen LogP contribution < -0.4 is 0 Å². The molecule has 2 saturated carbocycles. The number of esters is 3. The number of carbonyl (C=O) groups excluding carboxylic acids is 4. The van der Waals surface area contributed by atoms with Gasteiger partial charge in [0.1, 0.15) is 22.7 Å². The van der Waals surface area contributed by atoms with Crippen molar-refractivity contribution >= 4 is 23.7 Å². The van der Waals surface area contributed by atoms with Gasteiger partial charge < -0.3 is 28.4 Å². The van der Waals surface area contributed by atoms with Gasteiger partial charge in [-0.1, -0.05) is 6.92 Å². The molecule has 0 aromatic carbocycles. The Kier molecular flexibility index (Phi) is 3.84. The molecule has 10 heteroatoms. The highest BCUT2D eigenvalue weighted by Gasteiger charge is 2.89. The van der Waals surface area contributed by atoms with E-state index in [-0.39, 0.29) is 6.61 Å². The third-order valence-corrected chi connectivity index (χ3v) is 10.7. The van der Waals surface area contributed by atoms with Crippen molar-refractivity contribution in [2.45, 2.75) is 82.8 Å². The van der Waals surface area contributed by atoms with Crippen molar-refractivity contribution in [2.75, 3.05) is 13.7 Å². The third-order valence-electron chi connectivity index (χ3n) is 10.7. The van der Waals surface area contributed by atoms with Crippen LogP contribution in [0.4, 0.5) is 0 Å². The summed E-state index contributed by atoms with van der Waals surface area (Å²) in [6.07, 6.45) is -0.426. The predicted octanol–water partition coefficient (Wildman–Crippen LogP) is 1.24. The molecule has 7 rings (SSSR count). The lowest BCUT2D eigenvalue weighted by Crippen LogP contribution is -2.73. The number of hydrogen-bond acceptors (Lipinski definition) is 10. The van der Waals surface area contributed by atoms with E-state index in [0.717, 1.165) is 0 Å². The Hall–Kier alpha value is -2.30. The van der Waals surface area contributed by atoms with E-state index in [9.17, 15) is 19.2 Å². The number of ketones is 1. The molecule has 0 N–H and O–H groups in total. The Balaban J connectivity index is 1.54. The average molecular weight is 503 g/mol. The minimum absolute atomic E-state index is 0.275. The number of methoxy groups -OCH3 is 1. The monoisotopic (exact) mass is 502 g/mol. The lowest BCUT2D eigenvalue weighted by molar-refractivity contribution is -0.257. The van der Waals surface area contributed by atoms with Gasteiger partial charge in [-0.05, 0) is 46.0 Å². The number of carbonyl (C=O) groups is 4. The molecule has 36 heavy (non-hydrogen) atoms. The maximum Gasteiger partial charge on any atom is 0.331 e. The van der Waals surface area contributed by atoms with Crippen LogP contribution in [0.1, 0.15) is 47.5 Å². The van der Waals surface area contributed by atoms with E-state index in [1.165, 1.54) is 13.2 Å². The van der Waals surface area contributed by atoms with Crippen LogP contribution in [0, 0.1) is 28.1 Å². The standard InChI is InChI=1S/C26H30O10/c1-11-17(28)25(20(30)31-6)16-18(33-11)34-19(29)22(16,4)8-13-23(25,5)9-14-26(35-14)12(24(13)10-32-24)7-15(27)36-21(26,2)3/h7,11,13-14,16,18H,8-10H2,1-6H3. The van der Waals surface area contributed by atoms with Crippen molar-refractivity contribution in [1.29, 1.82) is 0 Å². The largest absolute Gasteiger partial charge is 0.468 e. The van der Waals surface area contributed by atoms with Gasteiger partial charge in [0.05, 0.1) is 31.2 Å². The van der Waals surface area contributed by atoms with E-state index in [2.05, 4.69) is 0 Å². The van der Waals surface area contributed by atoms with Gasteiger partial charge in [-0.25, -0.2) is 4.79 Å². The summed E-state index contributed by atoms with van der Waals surface area (Å²) in [4.78, 5) is 54.5. The number of Topliss-reactive ketones (excluding diaryl/α,β-unsaturated/α-hetero) is 1. The molecule has 0 aromatic heterocycles. The molecule has 0 amide bonds. The molecule has 0 radical (unpaired) electrons. The summed E-state index contributed by atoms with van der Waals surface area (Å²) in [5.74, 6) is -3.49. The van der Waals surface area contributed by atoms with E-state index < -0.39 is 87.1 Å². The fraction of sp³-hybridized carbons (Fsp3) is 0.769. The number of cyclic esters (lactones) is 1. The number of epoxide rings is 2. The van der Waals surface area contributed by atoms with Crippen LogP contribution in [0.25, 0.3) is 0 Å². The molecule has 5 aliphatic heterocycles. The first-order chi connectivity index (χ1) is 16.8. The van der Waals surface area contributed by atoms with E-state index in [4.69, 9.17) is 28.4 Å². The first-order valence-corrected chi connectivity index (χ1v) is 12.5. The van der Waals surface area contributed by atoms with Crippen molar-refractivity contribution in [3.63, 3.8) is 0 Å². The van der Waals surface area contributed by atoms with Gasteiger partial charge >= 0.3 is 17.9 Å². The molecule has 5 heterocycles. The summed E-state index contributed by atoms with van der Waals surface area (Å²) in [7, 11) is 1.26. The zero-order chi connectivity index (χ0) is 25.8. The van der Waals surface area contributed by atoms with Gasteiger partial charge in [0.25, 0.3) is 0 Å². The maximum atomic E-state index is 14.3. The summed E-state index contributed by atoms with van der Waals surface area (Å²) in [5, 5.41) is 0. The normalized spacial score (nSPS) is 55.1. The van der Waals surface area contributed by atoms with Gasteiger partial charge in [0.15, 0.2) is 11.4 Å². The summed E-state index contributed by atoms with van der Waals surface area (Å²) >= 11 is 0. The van der Waals surface area contributed by atoms with Gasteiger partial charge in [0, 0.05) is 17.6 Å². The molecule has 194 valence electrons. The highest BCUT2D eigenvalue weighted by molar-refractivity contribution is 6.09. The Morgan fingerprint density at radius 2 is 1.81 bits per heavy atom. The van der Waals surface area contributed by atoms with E-state index in [1.807, 2.05) is 20.8 Å². The molecule has 10 unspecified atom stereocenters. The fourth-order valence-electron chi connectivity index (χ4n) is 9.13. The van der Waals surface area contributed by atoms with Gasteiger partial charge in [-0.2, -0.15) is 0 Å². The molecule has 2 aliphatic carbocycles. The molecule has 2 spiro atoms. The Bertz CT molecular complexity index is 1200. The first-order valence-electron chi connectivity index (χ1n) is 12.5. The Morgan fingerprint density at radius 3 is 2.44 bits per heavy atom. The van der Waals surface area contributed by atoms with Gasteiger partial charge in [-0.15, -0.1) is 0 Å². The number of hydrogen-bond donors (Lipinski definition) is 0. The SMILES string of the molecule is COC(=O)C12C(=O)C(C)OC3OC(=O)C(C)(CC4C5(CO5)C5=CC(=O)OC(C)(C)C56OC6CC41C)C32. The minimum Gasteiger partial charge on any atom is -0.468 e. The fourth-order valence-corrected chi connectivity index (χ4v) is 9.13. The van der Waals surface area contributed by atoms with Gasteiger partial charge in [-0.3, -0.25) is 14.4 Å². The molecular formula is C26H30O10. The summed E-state index contributed by atoms with van der Waals surface area (Å²) in [5.41, 5.74) is -6.26. The van der Waals surface area contributed by atoms with Crippen LogP contribution in [-0.4, -0.2) is 72.7 Å². The quantitative estimate of drug-likeness (QED) is 0.223. The molecular weight excluding hydrogens is 472 g/mol. The molecule has 4 saturated heterocycles. The molecule has 6 fully saturated rings. The third kappa shape index (κ3) is 2.05. The lowest BCUT2D eigenvalue weighted by Gasteiger charge is -2.62. The van der Waals surface area contributed by atoms with Crippen LogP contribution in [0.5, 0.6) is 0 Å². The highest BCUT2D eigenvalue weighted by atomic mass is 16.7. The molecule has 0 bridgehead atoms. The smallest absolute Gasteiger partial charge is 0.331 e. The van der Waals surface area contributed by atoms with E-state index >= 15 is 0 Å². The topological polar surface area (TPSA) is 130 Å². The van der Waals surface area contributed by atoms with Crippen LogP contribution >= 0.6 is 0 Å². The van der Waals surface area contributed by atoms with Crippen molar-refractivity contribution < 1.29 is 47.6 Å². The average Bonchev–Trinajstić information content (AvgIpc) is 3.70. The zero-order valence-electron chi connectivity index (χ0n) is 21.2. The highest BCUT2D eigenvalue weighted by Crippen LogP contribution is 2.78. The van der Waals surface area contributed by atoms with Crippen LogP contribution in [-0.2, 0) is 47.6 Å². The number of fused-ring (bicyclic) bond motifs is 4. The van der Waals surface area contributed by atoms with Crippen LogP contribution in [0.2, 0.25) is 0 Å². The number of rotatable bonds is 1. The van der Waals surface area contributed by atoms with Crippen molar-refractivity contribution in [3.8, 4) is 0 Å². The van der Waals surface area contributed by atoms with Crippen LogP contribution in [0.3, 0.4) is 0 Å². The van der Waals surface area contributed by atoms with Crippen molar-refractivity contribution in [2.24, 2.45) is 28.1 Å². The predicted molar refractivity (Wildman–Crippen MR) is 117 cm³/mol. The second kappa shape index (κ2) is 6.05. The van der Waals surface area contributed by atoms with Gasteiger partial charge in [0.2, 0.25) is 6.29 Å². The summed E-state index contributed by atoms with van der Waals surface area (Å²) in [6.45, 7) is 9.13. The summed E-state index contributed by atoms with van der Waals surface area (Å²) < 4.78 is 35.3. The van der Waals surface area contributed by atoms with Crippen molar-refractivity contribution in [3.05, 3.63) is 11.6 Å². The Morgan fingerprint density at radius 1 is 1.11 bits per heavy atom. The van der Waals surface area contributed by atoms with Crippen LogP contribution in [0.15, 0.2) is 11.6 Å². The van der Waals surface area contributed by atoms with Crippen molar-refractivity contribution in [1.82, 2.24) is 0 Å². The Labute approximate surface area is 207 Å². The van der Waals surface area contributed by atoms with E-state index in [0.29, 0.717) is 18.4 Å². The maximum absolute atomic E-state index is 14.3. The lowest BCUT2D eigenvalue weighted by atomic mass is 9.38. The minimum atomic E-state index is -1.75. The second-order valence-corrected chi connectivity index (χ2v) is 12.5. The molecule has 7 aliphatic rings. The molecule has 10 atom stereocenters. The van der Waals surface area contributed by atoms with E-state index in [1.54, 1.807) is 13.8 Å². The second-order valence-electron chi connectivity index (χ2n) is 12.5. The number of ether oxygens (including phenoxy) is 6. The molecule has 10 nitrogen and oxygen atoms in total. The first kappa shape index (κ1) is 22.9. The molecule has 0 aromatic rings.